The number of hydrogen-bond donors (Lipinski definition) is 2. The third kappa shape index (κ3) is 4.50. The van der Waals surface area contributed by atoms with Gasteiger partial charge in [-0.05, 0) is 55.6 Å². The molecule has 134 valence electrons. The standard InChI is InChI=1S/C19H21FN2O2.ClH/c1-12-3-6-17(13(2)9-12)24-11-18(23)22-16-5-4-14-10-21-8-7-15(14)19(16)20;/h3-6,9,21H,7-8,10-11H2,1-2H3,(H,22,23);1H. The molecule has 1 amide bonds. The number of carbonyl (C=O) groups is 1. The van der Waals surface area contributed by atoms with E-state index in [1.807, 2.05) is 38.1 Å². The van der Waals surface area contributed by atoms with Crippen molar-refractivity contribution < 1.29 is 13.9 Å². The molecule has 1 aliphatic rings. The SMILES string of the molecule is Cc1ccc(OCC(=O)Nc2ccc3c(c2F)CCNC3)c(C)c1.Cl. The van der Waals surface area contributed by atoms with Crippen LogP contribution in [0.3, 0.4) is 0 Å². The van der Waals surface area contributed by atoms with E-state index in [0.29, 0.717) is 24.3 Å². The highest BCUT2D eigenvalue weighted by Crippen LogP contribution is 2.24. The number of ether oxygens (including phenoxy) is 1. The quantitative estimate of drug-likeness (QED) is 0.872. The first kappa shape index (κ1) is 19.2. The van der Waals surface area contributed by atoms with E-state index in [-0.39, 0.29) is 36.4 Å². The summed E-state index contributed by atoms with van der Waals surface area (Å²) in [7, 11) is 0. The number of nitrogens with one attached hydrogen (secondary N) is 2. The van der Waals surface area contributed by atoms with Gasteiger partial charge in [0.1, 0.15) is 11.6 Å². The zero-order chi connectivity index (χ0) is 17.1. The average molecular weight is 365 g/mol. The summed E-state index contributed by atoms with van der Waals surface area (Å²) >= 11 is 0. The summed E-state index contributed by atoms with van der Waals surface area (Å²) in [4.78, 5) is 12.1. The molecule has 0 atom stereocenters. The molecule has 2 aromatic carbocycles. The van der Waals surface area contributed by atoms with Crippen molar-refractivity contribution in [2.75, 3.05) is 18.5 Å². The molecule has 0 unspecified atom stereocenters. The minimum Gasteiger partial charge on any atom is -0.483 e. The minimum absolute atomic E-state index is 0. The summed E-state index contributed by atoms with van der Waals surface area (Å²) in [5.74, 6) is -0.0515. The lowest BCUT2D eigenvalue weighted by Gasteiger charge is -2.19. The zero-order valence-corrected chi connectivity index (χ0v) is 15.1. The highest BCUT2D eigenvalue weighted by Gasteiger charge is 2.17. The van der Waals surface area contributed by atoms with E-state index in [1.165, 1.54) is 0 Å². The van der Waals surface area contributed by atoms with Crippen molar-refractivity contribution in [1.29, 1.82) is 0 Å². The Morgan fingerprint density at radius 2 is 2.08 bits per heavy atom. The lowest BCUT2D eigenvalue weighted by atomic mass is 9.99. The number of rotatable bonds is 4. The predicted molar refractivity (Wildman–Crippen MR) is 99.1 cm³/mol. The van der Waals surface area contributed by atoms with Gasteiger partial charge in [-0.1, -0.05) is 23.8 Å². The molecule has 0 spiro atoms. The molecule has 2 aromatic rings. The van der Waals surface area contributed by atoms with E-state index < -0.39 is 0 Å². The Hall–Kier alpha value is -2.11. The van der Waals surface area contributed by atoms with Crippen LogP contribution in [-0.2, 0) is 17.8 Å². The molecule has 4 nitrogen and oxygen atoms in total. The molecule has 0 bridgehead atoms. The zero-order valence-electron chi connectivity index (χ0n) is 14.3. The maximum atomic E-state index is 14.5. The molecule has 1 heterocycles. The molecule has 0 saturated heterocycles. The molecule has 0 radical (unpaired) electrons. The summed E-state index contributed by atoms with van der Waals surface area (Å²) in [6, 6.07) is 9.22. The number of aryl methyl sites for hydroxylation is 2. The molecule has 0 saturated carbocycles. The lowest BCUT2D eigenvalue weighted by Crippen LogP contribution is -2.26. The van der Waals surface area contributed by atoms with Crippen LogP contribution in [0.15, 0.2) is 30.3 Å². The Kier molecular flexibility index (Phi) is 6.39. The number of halogens is 2. The van der Waals surface area contributed by atoms with Gasteiger partial charge in [0.15, 0.2) is 6.61 Å². The number of fused-ring (bicyclic) bond motifs is 1. The second-order valence-electron chi connectivity index (χ2n) is 6.10. The summed E-state index contributed by atoms with van der Waals surface area (Å²) in [5.41, 5.74) is 3.94. The van der Waals surface area contributed by atoms with Gasteiger partial charge < -0.3 is 15.4 Å². The fourth-order valence-electron chi connectivity index (χ4n) is 2.92. The summed E-state index contributed by atoms with van der Waals surface area (Å²) in [5, 5.41) is 5.80. The van der Waals surface area contributed by atoms with Crippen molar-refractivity contribution in [2.24, 2.45) is 0 Å². The Bertz CT molecular complexity index is 780. The third-order valence-corrected chi connectivity index (χ3v) is 4.17. The first-order chi connectivity index (χ1) is 11.5. The van der Waals surface area contributed by atoms with Crippen molar-refractivity contribution in [3.8, 4) is 5.75 Å². The second kappa shape index (κ2) is 8.32. The summed E-state index contributed by atoms with van der Waals surface area (Å²) in [6.45, 7) is 5.19. The van der Waals surface area contributed by atoms with E-state index in [0.717, 1.165) is 23.2 Å². The maximum absolute atomic E-state index is 14.5. The van der Waals surface area contributed by atoms with Gasteiger partial charge in [0.2, 0.25) is 0 Å². The van der Waals surface area contributed by atoms with Gasteiger partial charge in [0.05, 0.1) is 5.69 Å². The number of hydrogen-bond acceptors (Lipinski definition) is 3. The van der Waals surface area contributed by atoms with E-state index in [4.69, 9.17) is 4.74 Å². The Morgan fingerprint density at radius 3 is 2.84 bits per heavy atom. The summed E-state index contributed by atoms with van der Waals surface area (Å²) < 4.78 is 20.0. The van der Waals surface area contributed by atoms with Gasteiger partial charge in [0, 0.05) is 6.54 Å². The van der Waals surface area contributed by atoms with Gasteiger partial charge in [-0.15, -0.1) is 12.4 Å². The molecule has 0 fully saturated rings. The van der Waals surface area contributed by atoms with Crippen LogP contribution in [0.2, 0.25) is 0 Å². The molecule has 25 heavy (non-hydrogen) atoms. The van der Waals surface area contributed by atoms with E-state index in [1.54, 1.807) is 6.07 Å². The highest BCUT2D eigenvalue weighted by molar-refractivity contribution is 5.92. The minimum atomic E-state index is -0.372. The van der Waals surface area contributed by atoms with Crippen molar-refractivity contribution in [3.05, 3.63) is 58.4 Å². The second-order valence-corrected chi connectivity index (χ2v) is 6.10. The van der Waals surface area contributed by atoms with Gasteiger partial charge >= 0.3 is 0 Å². The topological polar surface area (TPSA) is 50.4 Å². The Balaban J connectivity index is 0.00000225. The molecule has 6 heteroatoms. The average Bonchev–Trinajstić information content (AvgIpc) is 2.57. The Morgan fingerprint density at radius 1 is 1.28 bits per heavy atom. The van der Waals surface area contributed by atoms with Crippen LogP contribution in [0.4, 0.5) is 10.1 Å². The van der Waals surface area contributed by atoms with Crippen LogP contribution in [0, 0.1) is 19.7 Å². The van der Waals surface area contributed by atoms with Crippen LogP contribution in [0.25, 0.3) is 0 Å². The molecule has 1 aliphatic heterocycles. The highest BCUT2D eigenvalue weighted by atomic mass is 35.5. The van der Waals surface area contributed by atoms with Gasteiger partial charge in [-0.2, -0.15) is 0 Å². The van der Waals surface area contributed by atoms with Crippen LogP contribution in [0.5, 0.6) is 5.75 Å². The van der Waals surface area contributed by atoms with Crippen molar-refractivity contribution in [2.45, 2.75) is 26.8 Å². The first-order valence-corrected chi connectivity index (χ1v) is 8.05. The molecule has 0 aliphatic carbocycles. The molecule has 3 rings (SSSR count). The largest absolute Gasteiger partial charge is 0.483 e. The van der Waals surface area contributed by atoms with Crippen molar-refractivity contribution in [1.82, 2.24) is 5.32 Å². The smallest absolute Gasteiger partial charge is 0.262 e. The Labute approximate surface area is 153 Å². The fraction of sp³-hybridized carbons (Fsp3) is 0.316. The molecule has 2 N–H and O–H groups in total. The van der Waals surface area contributed by atoms with Crippen molar-refractivity contribution in [3.63, 3.8) is 0 Å². The normalized spacial score (nSPS) is 12.8. The van der Waals surface area contributed by atoms with Crippen LogP contribution in [-0.4, -0.2) is 19.1 Å². The van der Waals surface area contributed by atoms with Gasteiger partial charge in [-0.3, -0.25) is 4.79 Å². The van der Waals surface area contributed by atoms with Crippen LogP contribution >= 0.6 is 12.4 Å². The molecular weight excluding hydrogens is 343 g/mol. The first-order valence-electron chi connectivity index (χ1n) is 8.05. The van der Waals surface area contributed by atoms with E-state index in [2.05, 4.69) is 10.6 Å². The predicted octanol–water partition coefficient (Wildman–Crippen LogP) is 3.53. The van der Waals surface area contributed by atoms with E-state index >= 15 is 0 Å². The number of amides is 1. The van der Waals surface area contributed by atoms with Gasteiger partial charge in [0.25, 0.3) is 5.91 Å². The van der Waals surface area contributed by atoms with Crippen molar-refractivity contribution >= 4 is 24.0 Å². The summed E-state index contributed by atoms with van der Waals surface area (Å²) in [6.07, 6.45) is 0.629. The fourth-order valence-corrected chi connectivity index (χ4v) is 2.92. The third-order valence-electron chi connectivity index (χ3n) is 4.17. The number of carbonyl (C=O) groups excluding carboxylic acids is 1. The van der Waals surface area contributed by atoms with Crippen LogP contribution < -0.4 is 15.4 Å². The van der Waals surface area contributed by atoms with E-state index in [9.17, 15) is 9.18 Å². The lowest BCUT2D eigenvalue weighted by molar-refractivity contribution is -0.118. The number of benzene rings is 2. The maximum Gasteiger partial charge on any atom is 0.262 e. The monoisotopic (exact) mass is 364 g/mol. The van der Waals surface area contributed by atoms with Crippen LogP contribution in [0.1, 0.15) is 22.3 Å². The molecular formula is C19H22ClFN2O2. The molecule has 0 aromatic heterocycles. The number of anilines is 1. The van der Waals surface area contributed by atoms with Gasteiger partial charge in [-0.25, -0.2) is 4.39 Å².